The Balaban J connectivity index is 3.18. The molecule has 1 rings (SSSR count). The van der Waals surface area contributed by atoms with E-state index in [9.17, 15) is 26.0 Å². The van der Waals surface area contributed by atoms with Gasteiger partial charge in [-0.2, -0.15) is 13.2 Å². The Morgan fingerprint density at radius 2 is 1.90 bits per heavy atom. The molecule has 0 spiro atoms. The van der Waals surface area contributed by atoms with E-state index in [0.29, 0.717) is 0 Å². The lowest BCUT2D eigenvalue weighted by Crippen LogP contribution is -2.34. The van der Waals surface area contributed by atoms with Crippen LogP contribution in [0.25, 0.3) is 0 Å². The van der Waals surface area contributed by atoms with Gasteiger partial charge in [-0.3, -0.25) is 0 Å². The Morgan fingerprint density at radius 3 is 2.40 bits per heavy atom. The van der Waals surface area contributed by atoms with Gasteiger partial charge in [0, 0.05) is 16.6 Å². The van der Waals surface area contributed by atoms with Crippen molar-refractivity contribution < 1.29 is 26.0 Å². The van der Waals surface area contributed by atoms with Gasteiger partial charge in [-0.15, -0.1) is 0 Å². The molecule has 1 aromatic rings. The summed E-state index contributed by atoms with van der Waals surface area (Å²) in [7, 11) is -3.07. The fraction of sp³-hybridized carbons (Fsp3) is 0.400. The van der Waals surface area contributed by atoms with Gasteiger partial charge in [0.05, 0.1) is 0 Å². The number of alkyl halides is 3. The molecule has 1 aromatic carbocycles. The highest BCUT2D eigenvalue weighted by molar-refractivity contribution is 9.10. The SMILES string of the molecule is CNCc1cc(Br)cc(S(=O)(=O)NCC(F)(F)F)c1F. The predicted octanol–water partition coefficient (Wildman–Crippen LogP) is 2.15. The molecule has 4 nitrogen and oxygen atoms in total. The van der Waals surface area contributed by atoms with Crippen LogP contribution in [0, 0.1) is 5.82 Å². The molecular formula is C10H11BrF4N2O2S. The first-order valence-electron chi connectivity index (χ1n) is 5.26. The average Bonchev–Trinajstić information content (AvgIpc) is 2.30. The van der Waals surface area contributed by atoms with E-state index in [1.807, 2.05) is 0 Å². The lowest BCUT2D eigenvalue weighted by Gasteiger charge is -2.12. The fourth-order valence-electron chi connectivity index (χ4n) is 1.39. The minimum atomic E-state index is -4.72. The van der Waals surface area contributed by atoms with Crippen LogP contribution < -0.4 is 10.0 Å². The van der Waals surface area contributed by atoms with Gasteiger partial charge in [-0.25, -0.2) is 17.5 Å². The number of sulfonamides is 1. The molecule has 0 aliphatic rings. The van der Waals surface area contributed by atoms with E-state index in [4.69, 9.17) is 0 Å². The van der Waals surface area contributed by atoms with E-state index >= 15 is 0 Å². The lowest BCUT2D eigenvalue weighted by molar-refractivity contribution is -0.121. The molecule has 0 saturated heterocycles. The van der Waals surface area contributed by atoms with Gasteiger partial charge in [-0.05, 0) is 19.2 Å². The zero-order valence-electron chi connectivity index (χ0n) is 10.2. The smallest absolute Gasteiger partial charge is 0.316 e. The van der Waals surface area contributed by atoms with Crippen LogP contribution in [0.2, 0.25) is 0 Å². The first-order chi connectivity index (χ1) is 9.07. The van der Waals surface area contributed by atoms with Crippen LogP contribution in [0.15, 0.2) is 21.5 Å². The molecule has 114 valence electrons. The molecule has 0 unspecified atom stereocenters. The third kappa shape index (κ3) is 4.69. The Labute approximate surface area is 121 Å². The molecule has 0 bridgehead atoms. The number of hydrogen-bond acceptors (Lipinski definition) is 3. The Kier molecular flexibility index (Phi) is 5.53. The quantitative estimate of drug-likeness (QED) is 0.771. The van der Waals surface area contributed by atoms with Crippen LogP contribution in [0.4, 0.5) is 17.6 Å². The summed E-state index contributed by atoms with van der Waals surface area (Å²) < 4.78 is 75.1. The highest BCUT2D eigenvalue weighted by Crippen LogP contribution is 2.24. The molecule has 20 heavy (non-hydrogen) atoms. The second-order valence-electron chi connectivity index (χ2n) is 3.85. The van der Waals surface area contributed by atoms with Gasteiger partial charge in [0.25, 0.3) is 0 Å². The summed E-state index contributed by atoms with van der Waals surface area (Å²) in [6.07, 6.45) is -4.72. The third-order valence-electron chi connectivity index (χ3n) is 2.20. The summed E-state index contributed by atoms with van der Waals surface area (Å²) in [6, 6.07) is 2.25. The number of halogens is 5. The summed E-state index contributed by atoms with van der Waals surface area (Å²) in [4.78, 5) is -0.832. The van der Waals surface area contributed by atoms with Crippen molar-refractivity contribution in [3.8, 4) is 0 Å². The Hall–Kier alpha value is -0.710. The van der Waals surface area contributed by atoms with E-state index in [2.05, 4.69) is 21.2 Å². The molecule has 0 fully saturated rings. The normalized spacial score (nSPS) is 12.7. The van der Waals surface area contributed by atoms with Crippen LogP contribution in [0.3, 0.4) is 0 Å². The van der Waals surface area contributed by atoms with Crippen molar-refractivity contribution in [3.63, 3.8) is 0 Å². The largest absolute Gasteiger partial charge is 0.402 e. The molecule has 0 radical (unpaired) electrons. The van der Waals surface area contributed by atoms with Crippen LogP contribution in [0.5, 0.6) is 0 Å². The van der Waals surface area contributed by atoms with E-state index in [1.165, 1.54) is 17.8 Å². The maximum absolute atomic E-state index is 14.0. The number of rotatable bonds is 5. The first kappa shape index (κ1) is 17.3. The van der Waals surface area contributed by atoms with Crippen LogP contribution >= 0.6 is 15.9 Å². The topological polar surface area (TPSA) is 58.2 Å². The summed E-state index contributed by atoms with van der Waals surface area (Å²) in [5.74, 6) is -1.09. The maximum atomic E-state index is 14.0. The molecule has 0 heterocycles. The number of benzene rings is 1. The summed E-state index contributed by atoms with van der Waals surface area (Å²) in [5, 5.41) is 2.63. The van der Waals surface area contributed by atoms with Gasteiger partial charge < -0.3 is 5.32 Å². The molecular weight excluding hydrogens is 368 g/mol. The second-order valence-corrected chi connectivity index (χ2v) is 6.50. The van der Waals surface area contributed by atoms with E-state index in [0.717, 1.165) is 6.07 Å². The molecule has 0 aliphatic heterocycles. The lowest BCUT2D eigenvalue weighted by atomic mass is 10.2. The second kappa shape index (κ2) is 6.37. The molecule has 2 N–H and O–H groups in total. The fourth-order valence-corrected chi connectivity index (χ4v) is 3.20. The number of hydrogen-bond donors (Lipinski definition) is 2. The van der Waals surface area contributed by atoms with Crippen molar-refractivity contribution in [1.82, 2.24) is 10.0 Å². The Bertz CT molecular complexity index is 590. The average molecular weight is 379 g/mol. The summed E-state index contributed by atoms with van der Waals surface area (Å²) in [5.41, 5.74) is 0.0225. The van der Waals surface area contributed by atoms with Crippen LogP contribution in [-0.2, 0) is 16.6 Å². The first-order valence-corrected chi connectivity index (χ1v) is 7.53. The van der Waals surface area contributed by atoms with Crippen molar-refractivity contribution in [1.29, 1.82) is 0 Å². The van der Waals surface area contributed by atoms with E-state index < -0.39 is 33.5 Å². The predicted molar refractivity (Wildman–Crippen MR) is 68.1 cm³/mol. The molecule has 0 aromatic heterocycles. The molecule has 0 aliphatic carbocycles. The maximum Gasteiger partial charge on any atom is 0.402 e. The van der Waals surface area contributed by atoms with Gasteiger partial charge in [0.2, 0.25) is 10.0 Å². The van der Waals surface area contributed by atoms with Crippen molar-refractivity contribution >= 4 is 26.0 Å². The van der Waals surface area contributed by atoms with E-state index in [-0.39, 0.29) is 16.6 Å². The van der Waals surface area contributed by atoms with Crippen molar-refractivity contribution in [2.75, 3.05) is 13.6 Å². The van der Waals surface area contributed by atoms with Crippen molar-refractivity contribution in [3.05, 3.63) is 28.0 Å². The van der Waals surface area contributed by atoms with Gasteiger partial charge >= 0.3 is 6.18 Å². The van der Waals surface area contributed by atoms with Crippen molar-refractivity contribution in [2.45, 2.75) is 17.6 Å². The zero-order chi connectivity index (χ0) is 15.6. The minimum absolute atomic E-state index is 0.0225. The van der Waals surface area contributed by atoms with Gasteiger partial charge in [0.15, 0.2) is 0 Å². The highest BCUT2D eigenvalue weighted by atomic mass is 79.9. The third-order valence-corrected chi connectivity index (χ3v) is 4.06. The standard InChI is InChI=1S/C10H11BrF4N2O2S/c1-16-4-6-2-7(11)3-8(9(6)12)20(18,19)17-5-10(13,14)15/h2-3,16-17H,4-5H2,1H3. The highest BCUT2D eigenvalue weighted by Gasteiger charge is 2.31. The monoisotopic (exact) mass is 378 g/mol. The number of nitrogens with one attached hydrogen (secondary N) is 2. The molecule has 0 saturated carbocycles. The van der Waals surface area contributed by atoms with Gasteiger partial charge in [0.1, 0.15) is 17.3 Å². The van der Waals surface area contributed by atoms with Gasteiger partial charge in [-0.1, -0.05) is 15.9 Å². The molecule has 10 heteroatoms. The van der Waals surface area contributed by atoms with Crippen molar-refractivity contribution in [2.24, 2.45) is 0 Å². The van der Waals surface area contributed by atoms with E-state index in [1.54, 1.807) is 0 Å². The zero-order valence-corrected chi connectivity index (χ0v) is 12.6. The summed E-state index contributed by atoms with van der Waals surface area (Å²) >= 11 is 2.99. The molecule has 0 amide bonds. The van der Waals surface area contributed by atoms with Crippen LogP contribution in [0.1, 0.15) is 5.56 Å². The Morgan fingerprint density at radius 1 is 1.30 bits per heavy atom. The van der Waals surface area contributed by atoms with Crippen LogP contribution in [-0.4, -0.2) is 28.2 Å². The minimum Gasteiger partial charge on any atom is -0.316 e. The summed E-state index contributed by atoms with van der Waals surface area (Å²) in [6.45, 7) is -1.73. The molecule has 0 atom stereocenters.